The number of hydrogen-bond acceptors (Lipinski definition) is 5. The number of hydrogen-bond donors (Lipinski definition) is 4. The molecule has 1 aromatic carbocycles. The average molecular weight is 443 g/mol. The lowest BCUT2D eigenvalue weighted by Crippen LogP contribution is -2.57. The van der Waals surface area contributed by atoms with E-state index in [0.717, 1.165) is 10.4 Å². The van der Waals surface area contributed by atoms with E-state index in [0.29, 0.717) is 30.7 Å². The van der Waals surface area contributed by atoms with Crippen LogP contribution < -0.4 is 16.3 Å². The number of carbonyl (C=O) groups is 2. The van der Waals surface area contributed by atoms with Crippen LogP contribution in [0.15, 0.2) is 35.1 Å². The van der Waals surface area contributed by atoms with Crippen LogP contribution in [0.4, 0.5) is 0 Å². The van der Waals surface area contributed by atoms with Gasteiger partial charge in [0.15, 0.2) is 0 Å². The number of thiophene rings is 1. The zero-order valence-electron chi connectivity index (χ0n) is 17.5. The molecule has 164 valence electrons. The van der Waals surface area contributed by atoms with Crippen LogP contribution in [-0.2, 0) is 20.7 Å². The van der Waals surface area contributed by atoms with Gasteiger partial charge in [-0.1, -0.05) is 6.07 Å². The Hall–Kier alpha value is -2.91. The topological polar surface area (TPSA) is 116 Å². The summed E-state index contributed by atoms with van der Waals surface area (Å²) in [5.41, 5.74) is 1.90. The van der Waals surface area contributed by atoms with E-state index in [-0.39, 0.29) is 41.9 Å². The molecule has 2 aromatic heterocycles. The highest BCUT2D eigenvalue weighted by atomic mass is 32.1. The number of aromatic amines is 2. The smallest absolute Gasteiger partial charge is 0.323 e. The Morgan fingerprint density at radius 2 is 1.97 bits per heavy atom. The molecule has 0 radical (unpaired) electrons. The van der Waals surface area contributed by atoms with Gasteiger partial charge in [-0.25, -0.2) is 4.79 Å². The van der Waals surface area contributed by atoms with Crippen LogP contribution in [-0.4, -0.2) is 47.1 Å². The Labute approximate surface area is 183 Å². The van der Waals surface area contributed by atoms with E-state index >= 15 is 0 Å². The van der Waals surface area contributed by atoms with Gasteiger partial charge in [0.25, 0.3) is 0 Å². The standard InChI is InChI=1S/C22H26N4O4S/c1-12-3-6-19(31-12)13(2)21(28)24-18-11-30-8-7-16(18)23-20(27)10-14-4-5-15-17(9-14)26-22(29)25-15/h3-6,9,13,16,18H,7-8,10-11H2,1-2H3,(H,23,27)(H,24,28)(H2,25,26,29)/t13?,16-,18+/m0/s1. The van der Waals surface area contributed by atoms with Gasteiger partial charge in [0.05, 0.1) is 42.1 Å². The van der Waals surface area contributed by atoms with Crippen LogP contribution in [0.5, 0.6) is 0 Å². The van der Waals surface area contributed by atoms with Crippen molar-refractivity contribution in [3.63, 3.8) is 0 Å². The summed E-state index contributed by atoms with van der Waals surface area (Å²) in [7, 11) is 0. The van der Waals surface area contributed by atoms with Crippen LogP contribution >= 0.6 is 11.3 Å². The van der Waals surface area contributed by atoms with E-state index < -0.39 is 0 Å². The van der Waals surface area contributed by atoms with Gasteiger partial charge in [-0.3, -0.25) is 9.59 Å². The van der Waals surface area contributed by atoms with Crippen LogP contribution in [0.2, 0.25) is 0 Å². The second kappa shape index (κ2) is 9.07. The Balaban J connectivity index is 1.37. The normalized spacial score (nSPS) is 19.8. The maximum Gasteiger partial charge on any atom is 0.323 e. The molecule has 0 saturated carbocycles. The highest BCUT2D eigenvalue weighted by molar-refractivity contribution is 7.12. The van der Waals surface area contributed by atoms with Gasteiger partial charge < -0.3 is 25.3 Å². The summed E-state index contributed by atoms with van der Waals surface area (Å²) in [5, 5.41) is 6.10. The average Bonchev–Trinajstić information content (AvgIpc) is 3.33. The summed E-state index contributed by atoms with van der Waals surface area (Å²) in [6.07, 6.45) is 0.819. The van der Waals surface area contributed by atoms with Crippen molar-refractivity contribution in [2.24, 2.45) is 0 Å². The molecule has 8 nitrogen and oxygen atoms in total. The lowest BCUT2D eigenvalue weighted by atomic mass is 10.0. The maximum atomic E-state index is 12.8. The number of ether oxygens (including phenoxy) is 1. The first-order valence-electron chi connectivity index (χ1n) is 10.3. The predicted molar refractivity (Wildman–Crippen MR) is 119 cm³/mol. The van der Waals surface area contributed by atoms with Crippen molar-refractivity contribution in [3.05, 3.63) is 56.1 Å². The number of rotatable bonds is 6. The minimum absolute atomic E-state index is 0.0709. The Morgan fingerprint density at radius 3 is 2.74 bits per heavy atom. The summed E-state index contributed by atoms with van der Waals surface area (Å²) in [5.74, 6) is -0.462. The minimum Gasteiger partial charge on any atom is -0.379 e. The second-order valence-corrected chi connectivity index (χ2v) is 9.28. The fourth-order valence-corrected chi connectivity index (χ4v) is 4.74. The van der Waals surface area contributed by atoms with Crippen molar-refractivity contribution >= 4 is 34.2 Å². The quantitative estimate of drug-likeness (QED) is 0.467. The predicted octanol–water partition coefficient (Wildman–Crippen LogP) is 1.96. The van der Waals surface area contributed by atoms with Gasteiger partial charge in [0, 0.05) is 16.4 Å². The van der Waals surface area contributed by atoms with Crippen LogP contribution in [0, 0.1) is 6.92 Å². The van der Waals surface area contributed by atoms with Gasteiger partial charge in [0.2, 0.25) is 11.8 Å². The molecule has 31 heavy (non-hydrogen) atoms. The monoisotopic (exact) mass is 442 g/mol. The molecule has 2 amide bonds. The molecular formula is C22H26N4O4S. The van der Waals surface area contributed by atoms with Crippen LogP contribution in [0.25, 0.3) is 11.0 Å². The molecule has 9 heteroatoms. The van der Waals surface area contributed by atoms with E-state index in [4.69, 9.17) is 4.74 Å². The van der Waals surface area contributed by atoms with E-state index in [1.165, 1.54) is 4.88 Å². The first kappa shape index (κ1) is 21.3. The van der Waals surface area contributed by atoms with Gasteiger partial charge >= 0.3 is 5.69 Å². The molecule has 4 N–H and O–H groups in total. The third-order valence-corrected chi connectivity index (χ3v) is 6.74. The number of nitrogens with one attached hydrogen (secondary N) is 4. The highest BCUT2D eigenvalue weighted by Crippen LogP contribution is 2.24. The van der Waals surface area contributed by atoms with E-state index in [1.807, 2.05) is 32.0 Å². The summed E-state index contributed by atoms with van der Waals surface area (Å²) < 4.78 is 5.55. The van der Waals surface area contributed by atoms with Crippen molar-refractivity contribution in [2.45, 2.75) is 44.7 Å². The number of fused-ring (bicyclic) bond motifs is 1. The zero-order chi connectivity index (χ0) is 22.0. The summed E-state index contributed by atoms with van der Waals surface area (Å²) in [6.45, 7) is 4.81. The largest absolute Gasteiger partial charge is 0.379 e. The Kier molecular flexibility index (Phi) is 6.24. The van der Waals surface area contributed by atoms with Gasteiger partial charge in [-0.2, -0.15) is 0 Å². The van der Waals surface area contributed by atoms with Crippen molar-refractivity contribution in [1.29, 1.82) is 0 Å². The van der Waals surface area contributed by atoms with Crippen molar-refractivity contribution in [3.8, 4) is 0 Å². The summed E-state index contributed by atoms with van der Waals surface area (Å²) in [6, 6.07) is 8.91. The molecule has 3 atom stereocenters. The first-order chi connectivity index (χ1) is 14.9. The molecule has 0 spiro atoms. The molecule has 0 bridgehead atoms. The number of amides is 2. The number of H-pyrrole nitrogens is 2. The molecule has 3 aromatic rings. The van der Waals surface area contributed by atoms with Gasteiger partial charge in [0.1, 0.15) is 0 Å². The molecule has 1 aliphatic heterocycles. The van der Waals surface area contributed by atoms with Crippen molar-refractivity contribution in [2.75, 3.05) is 13.2 Å². The lowest BCUT2D eigenvalue weighted by Gasteiger charge is -2.33. The maximum absolute atomic E-state index is 12.8. The zero-order valence-corrected chi connectivity index (χ0v) is 18.3. The number of imidazole rings is 1. The van der Waals surface area contributed by atoms with E-state index in [2.05, 4.69) is 20.6 Å². The van der Waals surface area contributed by atoms with E-state index in [1.54, 1.807) is 23.5 Å². The number of carbonyl (C=O) groups excluding carboxylic acids is 2. The number of aromatic nitrogens is 2. The SMILES string of the molecule is Cc1ccc(C(C)C(=O)N[C@@H]2COCC[C@@H]2NC(=O)Cc2ccc3[nH]c(=O)[nH]c3c2)s1. The fourth-order valence-electron chi connectivity index (χ4n) is 3.81. The highest BCUT2D eigenvalue weighted by Gasteiger charge is 2.30. The molecule has 0 aliphatic carbocycles. The Morgan fingerprint density at radius 1 is 1.16 bits per heavy atom. The first-order valence-corrected chi connectivity index (χ1v) is 11.2. The third-order valence-electron chi connectivity index (χ3n) is 5.56. The molecular weight excluding hydrogens is 416 g/mol. The molecule has 1 saturated heterocycles. The van der Waals surface area contributed by atoms with Crippen LogP contribution in [0.3, 0.4) is 0 Å². The van der Waals surface area contributed by atoms with Crippen molar-refractivity contribution < 1.29 is 14.3 Å². The number of benzene rings is 1. The molecule has 1 unspecified atom stereocenters. The Bertz CT molecular complexity index is 1150. The van der Waals surface area contributed by atoms with Gasteiger partial charge in [-0.05, 0) is 50.1 Å². The second-order valence-electron chi connectivity index (χ2n) is 7.96. The fraction of sp³-hybridized carbons (Fsp3) is 0.409. The van der Waals surface area contributed by atoms with E-state index in [9.17, 15) is 14.4 Å². The van der Waals surface area contributed by atoms with Crippen molar-refractivity contribution in [1.82, 2.24) is 20.6 Å². The summed E-state index contributed by atoms with van der Waals surface area (Å²) >= 11 is 1.61. The molecule has 3 heterocycles. The van der Waals surface area contributed by atoms with Crippen LogP contribution in [0.1, 0.15) is 34.6 Å². The molecule has 1 aliphatic rings. The third kappa shape index (κ3) is 5.05. The molecule has 1 fully saturated rings. The lowest BCUT2D eigenvalue weighted by molar-refractivity contribution is -0.126. The summed E-state index contributed by atoms with van der Waals surface area (Å²) in [4.78, 5) is 44.4. The minimum atomic E-state index is -0.280. The molecule has 4 rings (SSSR count). The number of aryl methyl sites for hydroxylation is 1. The van der Waals surface area contributed by atoms with Gasteiger partial charge in [-0.15, -0.1) is 11.3 Å².